The highest BCUT2D eigenvalue weighted by molar-refractivity contribution is 6.34. The first kappa shape index (κ1) is 14.4. The van der Waals surface area contributed by atoms with Crippen LogP contribution in [-0.2, 0) is 0 Å². The highest BCUT2D eigenvalue weighted by Crippen LogP contribution is 2.31. The standard InChI is InChI=1S/C15H10Cl2N2O/c16-10-4-1-3-9(7-10)12(8-18)11-5-2-6-13(17)14(11)15(19)20/h1-7,12H,(H2,19,20). The minimum atomic E-state index is -0.659. The number of nitrogens with zero attached hydrogens (tertiary/aromatic N) is 1. The molecule has 0 aliphatic carbocycles. The molecule has 0 fully saturated rings. The third-order valence-electron chi connectivity index (χ3n) is 2.91. The van der Waals surface area contributed by atoms with Gasteiger partial charge in [-0.3, -0.25) is 4.79 Å². The van der Waals surface area contributed by atoms with Gasteiger partial charge < -0.3 is 5.73 Å². The first-order valence-corrected chi connectivity index (χ1v) is 6.53. The number of rotatable bonds is 3. The molecule has 0 saturated heterocycles. The maximum absolute atomic E-state index is 11.6. The van der Waals surface area contributed by atoms with Crippen LogP contribution in [-0.4, -0.2) is 5.91 Å². The molecule has 0 aliphatic heterocycles. The zero-order valence-corrected chi connectivity index (χ0v) is 11.8. The average Bonchev–Trinajstić information content (AvgIpc) is 2.39. The number of nitriles is 1. The van der Waals surface area contributed by atoms with Crippen LogP contribution >= 0.6 is 23.2 Å². The van der Waals surface area contributed by atoms with Crippen LogP contribution in [0.3, 0.4) is 0 Å². The SMILES string of the molecule is N#CC(c1cccc(Cl)c1)c1cccc(Cl)c1C(N)=O. The predicted molar refractivity (Wildman–Crippen MR) is 78.9 cm³/mol. The zero-order chi connectivity index (χ0) is 14.7. The lowest BCUT2D eigenvalue weighted by Crippen LogP contribution is -2.16. The van der Waals surface area contributed by atoms with E-state index in [0.717, 1.165) is 0 Å². The van der Waals surface area contributed by atoms with Gasteiger partial charge in [0.15, 0.2) is 0 Å². The van der Waals surface area contributed by atoms with Gasteiger partial charge in [0.1, 0.15) is 0 Å². The van der Waals surface area contributed by atoms with Crippen molar-refractivity contribution in [1.29, 1.82) is 5.26 Å². The molecular weight excluding hydrogens is 295 g/mol. The third-order valence-corrected chi connectivity index (χ3v) is 3.46. The number of carbonyl (C=O) groups excluding carboxylic acids is 1. The summed E-state index contributed by atoms with van der Waals surface area (Å²) < 4.78 is 0. The van der Waals surface area contributed by atoms with E-state index < -0.39 is 11.8 Å². The second-order valence-corrected chi connectivity index (χ2v) is 5.03. The number of nitrogens with two attached hydrogens (primary N) is 1. The maximum atomic E-state index is 11.6. The number of amides is 1. The molecule has 0 heterocycles. The van der Waals surface area contributed by atoms with E-state index in [1.54, 1.807) is 42.5 Å². The van der Waals surface area contributed by atoms with E-state index in [1.165, 1.54) is 0 Å². The smallest absolute Gasteiger partial charge is 0.250 e. The molecule has 2 rings (SSSR count). The molecule has 1 amide bonds. The highest BCUT2D eigenvalue weighted by atomic mass is 35.5. The summed E-state index contributed by atoms with van der Waals surface area (Å²) in [5.41, 5.74) is 6.69. The number of benzene rings is 2. The van der Waals surface area contributed by atoms with Crippen LogP contribution in [0.2, 0.25) is 10.0 Å². The topological polar surface area (TPSA) is 66.9 Å². The Labute approximate surface area is 126 Å². The first-order chi connectivity index (χ1) is 9.54. The molecule has 5 heteroatoms. The molecule has 0 saturated carbocycles. The van der Waals surface area contributed by atoms with Gasteiger partial charge in [-0.2, -0.15) is 5.26 Å². The van der Waals surface area contributed by atoms with E-state index in [1.807, 2.05) is 0 Å². The Balaban J connectivity index is 2.62. The van der Waals surface area contributed by atoms with Crippen molar-refractivity contribution in [3.05, 3.63) is 69.2 Å². The van der Waals surface area contributed by atoms with E-state index >= 15 is 0 Å². The fraction of sp³-hybridized carbons (Fsp3) is 0.0667. The van der Waals surface area contributed by atoms with Gasteiger partial charge in [0.2, 0.25) is 0 Å². The molecule has 0 aromatic heterocycles. The minimum absolute atomic E-state index is 0.167. The molecule has 1 atom stereocenters. The van der Waals surface area contributed by atoms with Crippen molar-refractivity contribution in [2.75, 3.05) is 0 Å². The summed E-state index contributed by atoms with van der Waals surface area (Å²) >= 11 is 11.9. The number of halogens is 2. The van der Waals surface area contributed by atoms with Crippen LogP contribution in [0.1, 0.15) is 27.4 Å². The van der Waals surface area contributed by atoms with Crippen molar-refractivity contribution in [2.24, 2.45) is 5.73 Å². The van der Waals surface area contributed by atoms with Crippen molar-refractivity contribution < 1.29 is 4.79 Å². The van der Waals surface area contributed by atoms with E-state index in [0.29, 0.717) is 16.1 Å². The van der Waals surface area contributed by atoms with Crippen molar-refractivity contribution >= 4 is 29.1 Å². The molecule has 2 N–H and O–H groups in total. The summed E-state index contributed by atoms with van der Waals surface area (Å²) in [6.07, 6.45) is 0. The van der Waals surface area contributed by atoms with Crippen molar-refractivity contribution in [3.8, 4) is 6.07 Å². The Hall–Kier alpha value is -2.02. The van der Waals surface area contributed by atoms with Crippen molar-refractivity contribution in [3.63, 3.8) is 0 Å². The zero-order valence-electron chi connectivity index (χ0n) is 10.3. The molecule has 2 aromatic carbocycles. The number of hydrogen-bond donors (Lipinski definition) is 1. The van der Waals surface area contributed by atoms with Gasteiger partial charge in [-0.25, -0.2) is 0 Å². The summed E-state index contributed by atoms with van der Waals surface area (Å²) in [6.45, 7) is 0. The number of carbonyl (C=O) groups is 1. The van der Waals surface area contributed by atoms with E-state index in [9.17, 15) is 10.1 Å². The third kappa shape index (κ3) is 2.77. The lowest BCUT2D eigenvalue weighted by atomic mass is 9.89. The molecular formula is C15H10Cl2N2O. The van der Waals surface area contributed by atoms with Gasteiger partial charge in [0, 0.05) is 5.02 Å². The van der Waals surface area contributed by atoms with Gasteiger partial charge in [-0.1, -0.05) is 47.5 Å². The second kappa shape index (κ2) is 5.96. The summed E-state index contributed by atoms with van der Waals surface area (Å²) in [4.78, 5) is 11.6. The molecule has 0 radical (unpaired) electrons. The molecule has 0 aliphatic rings. The summed E-state index contributed by atoms with van der Waals surface area (Å²) in [6, 6.07) is 14.0. The number of hydrogen-bond acceptors (Lipinski definition) is 2. The van der Waals surface area contributed by atoms with Crippen LogP contribution in [0.15, 0.2) is 42.5 Å². The molecule has 2 aromatic rings. The lowest BCUT2D eigenvalue weighted by Gasteiger charge is -2.14. The first-order valence-electron chi connectivity index (χ1n) is 5.78. The van der Waals surface area contributed by atoms with Gasteiger partial charge in [-0.15, -0.1) is 0 Å². The monoisotopic (exact) mass is 304 g/mol. The molecule has 1 unspecified atom stereocenters. The Bertz CT molecular complexity index is 707. The normalized spacial score (nSPS) is 11.7. The fourth-order valence-corrected chi connectivity index (χ4v) is 2.52. The Morgan fingerprint density at radius 2 is 1.90 bits per heavy atom. The highest BCUT2D eigenvalue weighted by Gasteiger charge is 2.21. The fourth-order valence-electron chi connectivity index (χ4n) is 2.05. The Morgan fingerprint density at radius 1 is 1.20 bits per heavy atom. The second-order valence-electron chi connectivity index (χ2n) is 4.19. The Morgan fingerprint density at radius 3 is 2.50 bits per heavy atom. The van der Waals surface area contributed by atoms with Crippen LogP contribution in [0.4, 0.5) is 0 Å². The molecule has 100 valence electrons. The van der Waals surface area contributed by atoms with Crippen molar-refractivity contribution in [2.45, 2.75) is 5.92 Å². The maximum Gasteiger partial charge on any atom is 0.250 e. The van der Waals surface area contributed by atoms with E-state index in [4.69, 9.17) is 28.9 Å². The van der Waals surface area contributed by atoms with Crippen LogP contribution in [0.25, 0.3) is 0 Å². The van der Waals surface area contributed by atoms with Crippen LogP contribution < -0.4 is 5.73 Å². The van der Waals surface area contributed by atoms with E-state index in [2.05, 4.69) is 6.07 Å². The average molecular weight is 305 g/mol. The molecule has 0 spiro atoms. The van der Waals surface area contributed by atoms with Gasteiger partial charge in [0.05, 0.1) is 22.6 Å². The predicted octanol–water partition coefficient (Wildman–Crippen LogP) is 3.75. The quantitative estimate of drug-likeness (QED) is 0.938. The van der Waals surface area contributed by atoms with Gasteiger partial charge >= 0.3 is 0 Å². The van der Waals surface area contributed by atoms with Crippen LogP contribution in [0.5, 0.6) is 0 Å². The van der Waals surface area contributed by atoms with Gasteiger partial charge in [-0.05, 0) is 29.3 Å². The molecule has 0 bridgehead atoms. The number of primary amides is 1. The molecule has 3 nitrogen and oxygen atoms in total. The van der Waals surface area contributed by atoms with Crippen molar-refractivity contribution in [1.82, 2.24) is 0 Å². The largest absolute Gasteiger partial charge is 0.366 e. The minimum Gasteiger partial charge on any atom is -0.366 e. The Kier molecular flexibility index (Phi) is 4.29. The van der Waals surface area contributed by atoms with Gasteiger partial charge in [0.25, 0.3) is 5.91 Å². The lowest BCUT2D eigenvalue weighted by molar-refractivity contribution is 0.0999. The summed E-state index contributed by atoms with van der Waals surface area (Å²) in [5, 5.41) is 10.2. The summed E-state index contributed by atoms with van der Waals surface area (Å²) in [7, 11) is 0. The van der Waals surface area contributed by atoms with E-state index in [-0.39, 0.29) is 10.6 Å². The molecule has 20 heavy (non-hydrogen) atoms. The summed E-state index contributed by atoms with van der Waals surface area (Å²) in [5.74, 6) is -1.32. The van der Waals surface area contributed by atoms with Crippen LogP contribution in [0, 0.1) is 11.3 Å².